The van der Waals surface area contributed by atoms with Gasteiger partial charge in [-0.05, 0) is 81.1 Å². The number of piperidine rings is 2. The summed E-state index contributed by atoms with van der Waals surface area (Å²) in [6, 6.07) is 0.701. The van der Waals surface area contributed by atoms with Crippen LogP contribution in [0.25, 0.3) is 0 Å². The molecule has 0 spiro atoms. The topological polar surface area (TPSA) is 72.5 Å². The summed E-state index contributed by atoms with van der Waals surface area (Å²) in [6.45, 7) is 18.3. The smallest absolute Gasteiger partial charge is 0.231 e. The van der Waals surface area contributed by atoms with E-state index in [1.807, 2.05) is 19.0 Å². The lowest BCUT2D eigenvalue weighted by molar-refractivity contribution is 0.160. The second-order valence-corrected chi connectivity index (χ2v) is 13.3. The molecule has 2 fully saturated rings. The van der Waals surface area contributed by atoms with Gasteiger partial charge in [-0.25, -0.2) is 0 Å². The SMILES string of the molecule is CN(C)c1nc(N(C)C2CC(C)(C)NC(C)(C)C2)nc(N(C)C2CC(C)(C)NC(C)(C)C2)n1. The molecular weight excluding hydrogens is 412 g/mol. The number of anilines is 3. The van der Waals surface area contributed by atoms with Crippen LogP contribution in [0.4, 0.5) is 17.8 Å². The van der Waals surface area contributed by atoms with Crippen molar-refractivity contribution in [1.82, 2.24) is 25.6 Å². The summed E-state index contributed by atoms with van der Waals surface area (Å²) in [5.74, 6) is 2.21. The molecular formula is C25H48N8. The van der Waals surface area contributed by atoms with Crippen LogP contribution in [0.1, 0.15) is 81.1 Å². The van der Waals surface area contributed by atoms with Gasteiger partial charge in [0.25, 0.3) is 0 Å². The van der Waals surface area contributed by atoms with Crippen LogP contribution in [-0.4, -0.2) is 77.4 Å². The molecule has 8 nitrogen and oxygen atoms in total. The van der Waals surface area contributed by atoms with Crippen LogP contribution < -0.4 is 25.3 Å². The second-order valence-electron chi connectivity index (χ2n) is 13.3. The van der Waals surface area contributed by atoms with Gasteiger partial charge in [-0.15, -0.1) is 0 Å². The largest absolute Gasteiger partial charge is 0.347 e. The Bertz CT molecular complexity index is 751. The first kappa shape index (κ1) is 25.9. The van der Waals surface area contributed by atoms with Crippen molar-refractivity contribution in [3.63, 3.8) is 0 Å². The summed E-state index contributed by atoms with van der Waals surface area (Å²) in [4.78, 5) is 21.3. The number of hydrogen-bond donors (Lipinski definition) is 2. The minimum absolute atomic E-state index is 0.0595. The highest BCUT2D eigenvalue weighted by atomic mass is 15.4. The molecule has 3 rings (SSSR count). The minimum Gasteiger partial charge on any atom is -0.347 e. The monoisotopic (exact) mass is 460 g/mol. The first-order valence-electron chi connectivity index (χ1n) is 12.4. The first-order valence-corrected chi connectivity index (χ1v) is 12.4. The first-order chi connectivity index (χ1) is 14.9. The molecule has 0 aliphatic carbocycles. The maximum atomic E-state index is 5.02. The van der Waals surface area contributed by atoms with E-state index >= 15 is 0 Å². The van der Waals surface area contributed by atoms with Gasteiger partial charge in [0.05, 0.1) is 0 Å². The van der Waals surface area contributed by atoms with E-state index < -0.39 is 0 Å². The van der Waals surface area contributed by atoms with Gasteiger partial charge in [-0.1, -0.05) is 0 Å². The Kier molecular flexibility index (Phi) is 6.70. The third kappa shape index (κ3) is 6.27. The fourth-order valence-corrected chi connectivity index (χ4v) is 6.27. The average Bonchev–Trinajstić information content (AvgIpc) is 2.61. The van der Waals surface area contributed by atoms with Crippen molar-refractivity contribution < 1.29 is 0 Å². The third-order valence-corrected chi connectivity index (χ3v) is 7.06. The Morgan fingerprint density at radius 2 is 0.818 bits per heavy atom. The molecule has 0 saturated carbocycles. The number of rotatable bonds is 5. The van der Waals surface area contributed by atoms with Crippen LogP contribution in [0.2, 0.25) is 0 Å². The van der Waals surface area contributed by atoms with E-state index in [2.05, 4.69) is 89.9 Å². The predicted octanol–water partition coefficient (Wildman–Crippen LogP) is 3.43. The lowest BCUT2D eigenvalue weighted by Gasteiger charge is -2.49. The molecule has 1 aromatic heterocycles. The molecule has 2 aliphatic heterocycles. The molecule has 3 heterocycles. The summed E-state index contributed by atoms with van der Waals surface area (Å²) in [5.41, 5.74) is 0.238. The molecule has 0 bridgehead atoms. The number of nitrogens with zero attached hydrogens (tertiary/aromatic N) is 6. The van der Waals surface area contributed by atoms with Gasteiger partial charge in [0, 0.05) is 62.4 Å². The van der Waals surface area contributed by atoms with Gasteiger partial charge >= 0.3 is 0 Å². The Hall–Kier alpha value is -1.67. The normalized spacial score (nSPS) is 24.4. The standard InChI is InChI=1S/C25H48N8/c1-22(2)13-17(14-23(3,4)29-22)32(11)20-26-19(31(9)10)27-21(28-20)33(12)18-15-24(5,6)30-25(7,8)16-18/h17-18,29-30H,13-16H2,1-12H3. The van der Waals surface area contributed by atoms with E-state index in [0.29, 0.717) is 18.0 Å². The summed E-state index contributed by atoms with van der Waals surface area (Å²) >= 11 is 0. The summed E-state index contributed by atoms with van der Waals surface area (Å²) in [6.07, 6.45) is 4.16. The molecule has 0 aromatic carbocycles. The van der Waals surface area contributed by atoms with Gasteiger partial charge in [0.2, 0.25) is 17.8 Å². The lowest BCUT2D eigenvalue weighted by atomic mass is 9.79. The van der Waals surface area contributed by atoms with Gasteiger partial charge in [-0.3, -0.25) is 0 Å². The van der Waals surface area contributed by atoms with Crippen molar-refractivity contribution in [2.45, 2.75) is 115 Å². The number of aromatic nitrogens is 3. The molecule has 0 amide bonds. The van der Waals surface area contributed by atoms with Crippen molar-refractivity contribution in [2.24, 2.45) is 0 Å². The molecule has 188 valence electrons. The molecule has 33 heavy (non-hydrogen) atoms. The fraction of sp³-hybridized carbons (Fsp3) is 0.880. The van der Waals surface area contributed by atoms with E-state index in [1.54, 1.807) is 0 Å². The minimum atomic E-state index is 0.0595. The van der Waals surface area contributed by atoms with Crippen molar-refractivity contribution in [1.29, 1.82) is 0 Å². The summed E-state index contributed by atoms with van der Waals surface area (Å²) < 4.78 is 0. The number of nitrogens with one attached hydrogen (secondary N) is 2. The van der Waals surface area contributed by atoms with E-state index in [4.69, 9.17) is 15.0 Å². The Labute approximate surface area is 201 Å². The zero-order chi connectivity index (χ0) is 25.0. The van der Waals surface area contributed by atoms with Crippen LogP contribution >= 0.6 is 0 Å². The zero-order valence-corrected chi connectivity index (χ0v) is 23.2. The van der Waals surface area contributed by atoms with E-state index in [9.17, 15) is 0 Å². The molecule has 0 unspecified atom stereocenters. The molecule has 0 atom stereocenters. The lowest BCUT2D eigenvalue weighted by Crippen LogP contribution is -2.62. The average molecular weight is 461 g/mol. The Balaban J connectivity index is 1.94. The molecule has 1 aromatic rings. The van der Waals surface area contributed by atoms with Gasteiger partial charge < -0.3 is 25.3 Å². The van der Waals surface area contributed by atoms with E-state index in [0.717, 1.165) is 37.6 Å². The second kappa shape index (κ2) is 8.52. The van der Waals surface area contributed by atoms with Crippen LogP contribution in [0, 0.1) is 0 Å². The zero-order valence-electron chi connectivity index (χ0n) is 23.2. The highest BCUT2D eigenvalue weighted by molar-refractivity contribution is 5.47. The third-order valence-electron chi connectivity index (χ3n) is 7.06. The maximum Gasteiger partial charge on any atom is 0.231 e. The van der Waals surface area contributed by atoms with E-state index in [1.165, 1.54) is 0 Å². The van der Waals surface area contributed by atoms with Crippen LogP contribution in [-0.2, 0) is 0 Å². The van der Waals surface area contributed by atoms with Crippen molar-refractivity contribution >= 4 is 17.8 Å². The summed E-state index contributed by atoms with van der Waals surface area (Å²) in [7, 11) is 8.27. The van der Waals surface area contributed by atoms with Crippen molar-refractivity contribution in [3.8, 4) is 0 Å². The van der Waals surface area contributed by atoms with E-state index in [-0.39, 0.29) is 22.2 Å². The molecule has 2 N–H and O–H groups in total. The van der Waals surface area contributed by atoms with Crippen LogP contribution in [0.3, 0.4) is 0 Å². The molecule has 0 radical (unpaired) electrons. The van der Waals surface area contributed by atoms with Gasteiger partial charge in [0.15, 0.2) is 0 Å². The Morgan fingerprint density at radius 1 is 0.545 bits per heavy atom. The quantitative estimate of drug-likeness (QED) is 0.692. The molecule has 2 saturated heterocycles. The fourth-order valence-electron chi connectivity index (χ4n) is 6.27. The maximum absolute atomic E-state index is 5.02. The highest BCUT2D eigenvalue weighted by Crippen LogP contribution is 2.35. The molecule has 8 heteroatoms. The predicted molar refractivity (Wildman–Crippen MR) is 140 cm³/mol. The van der Waals surface area contributed by atoms with Crippen LogP contribution in [0.15, 0.2) is 0 Å². The Morgan fingerprint density at radius 3 is 1.09 bits per heavy atom. The van der Waals surface area contributed by atoms with Gasteiger partial charge in [0.1, 0.15) is 0 Å². The van der Waals surface area contributed by atoms with Crippen LogP contribution in [0.5, 0.6) is 0 Å². The molecule has 2 aliphatic rings. The summed E-state index contributed by atoms with van der Waals surface area (Å²) in [5, 5.41) is 7.57. The van der Waals surface area contributed by atoms with Crippen molar-refractivity contribution in [3.05, 3.63) is 0 Å². The number of hydrogen-bond acceptors (Lipinski definition) is 8. The van der Waals surface area contributed by atoms with Gasteiger partial charge in [-0.2, -0.15) is 15.0 Å². The van der Waals surface area contributed by atoms with Crippen molar-refractivity contribution in [2.75, 3.05) is 42.9 Å². The highest BCUT2D eigenvalue weighted by Gasteiger charge is 2.41.